The van der Waals surface area contributed by atoms with Crippen molar-refractivity contribution in [1.82, 2.24) is 19.7 Å². The second-order valence-corrected chi connectivity index (χ2v) is 6.38. The number of nitrogens with one attached hydrogen (secondary N) is 1. The Balaban J connectivity index is 1.63. The summed E-state index contributed by atoms with van der Waals surface area (Å²) in [5.74, 6) is 0.605. The minimum atomic E-state index is -0.487. The first-order chi connectivity index (χ1) is 13.1. The fraction of sp³-hybridized carbons (Fsp3) is 0.176. The standard InChI is InChI=1S/C17H16N6O3S/c1-2-22-16(12-4-3-9-18-10-12)20-21-17(22)27-11-15(24)19-13-5-7-14(8-6-13)23(25)26/h3-10H,2,11H2,1H3,(H,19,24). The lowest BCUT2D eigenvalue weighted by Gasteiger charge is -2.07. The van der Waals surface area contributed by atoms with E-state index >= 15 is 0 Å². The molecule has 0 saturated carbocycles. The molecule has 0 fully saturated rings. The van der Waals surface area contributed by atoms with Gasteiger partial charge in [0, 0.05) is 42.3 Å². The van der Waals surface area contributed by atoms with Gasteiger partial charge in [-0.1, -0.05) is 11.8 Å². The average Bonchev–Trinajstić information content (AvgIpc) is 3.10. The van der Waals surface area contributed by atoms with Crippen LogP contribution in [0.4, 0.5) is 11.4 Å². The molecule has 0 atom stereocenters. The number of non-ortho nitro benzene ring substituents is 1. The van der Waals surface area contributed by atoms with E-state index in [0.717, 1.165) is 5.56 Å². The Kier molecular flexibility index (Phi) is 5.77. The summed E-state index contributed by atoms with van der Waals surface area (Å²) in [6.07, 6.45) is 3.40. The molecule has 9 nitrogen and oxygen atoms in total. The minimum absolute atomic E-state index is 0.0265. The number of carbonyl (C=O) groups is 1. The van der Waals surface area contributed by atoms with Crippen molar-refractivity contribution in [3.05, 3.63) is 58.9 Å². The molecule has 0 spiro atoms. The molecule has 2 aromatic heterocycles. The number of thioether (sulfide) groups is 1. The number of anilines is 1. The third-order valence-electron chi connectivity index (χ3n) is 3.65. The zero-order chi connectivity index (χ0) is 19.2. The lowest BCUT2D eigenvalue weighted by molar-refractivity contribution is -0.384. The molecule has 3 rings (SSSR count). The van der Waals surface area contributed by atoms with Crippen LogP contribution in [0.15, 0.2) is 53.9 Å². The van der Waals surface area contributed by atoms with Crippen LogP contribution in [0.25, 0.3) is 11.4 Å². The van der Waals surface area contributed by atoms with Crippen molar-refractivity contribution in [3.63, 3.8) is 0 Å². The lowest BCUT2D eigenvalue weighted by Crippen LogP contribution is -2.14. The Morgan fingerprint density at radius 2 is 2.04 bits per heavy atom. The fourth-order valence-electron chi connectivity index (χ4n) is 2.38. The maximum atomic E-state index is 12.1. The predicted octanol–water partition coefficient (Wildman–Crippen LogP) is 3.00. The molecule has 27 heavy (non-hydrogen) atoms. The Labute approximate surface area is 159 Å². The van der Waals surface area contributed by atoms with E-state index in [0.29, 0.717) is 23.2 Å². The van der Waals surface area contributed by atoms with Crippen LogP contribution < -0.4 is 5.32 Å². The largest absolute Gasteiger partial charge is 0.325 e. The highest BCUT2D eigenvalue weighted by Gasteiger charge is 2.15. The number of nitro groups is 1. The molecule has 0 bridgehead atoms. The molecule has 0 aliphatic carbocycles. The van der Waals surface area contributed by atoms with Crippen LogP contribution in [-0.4, -0.2) is 36.3 Å². The van der Waals surface area contributed by atoms with Gasteiger partial charge in [0.1, 0.15) is 0 Å². The summed E-state index contributed by atoms with van der Waals surface area (Å²) in [6.45, 7) is 2.63. The molecular formula is C17H16N6O3S. The first kappa shape index (κ1) is 18.5. The van der Waals surface area contributed by atoms with Crippen molar-refractivity contribution in [2.24, 2.45) is 0 Å². The van der Waals surface area contributed by atoms with E-state index in [4.69, 9.17) is 0 Å². The van der Waals surface area contributed by atoms with Crippen molar-refractivity contribution in [1.29, 1.82) is 0 Å². The third-order valence-corrected chi connectivity index (χ3v) is 4.61. The van der Waals surface area contributed by atoms with E-state index in [1.165, 1.54) is 36.0 Å². The van der Waals surface area contributed by atoms with Crippen molar-refractivity contribution < 1.29 is 9.72 Å². The molecule has 1 amide bonds. The van der Waals surface area contributed by atoms with Gasteiger partial charge in [-0.2, -0.15) is 0 Å². The summed E-state index contributed by atoms with van der Waals surface area (Å²) >= 11 is 1.27. The first-order valence-electron chi connectivity index (χ1n) is 8.09. The summed E-state index contributed by atoms with van der Waals surface area (Å²) in [7, 11) is 0. The van der Waals surface area contributed by atoms with Gasteiger partial charge in [0.2, 0.25) is 5.91 Å². The van der Waals surface area contributed by atoms with Gasteiger partial charge in [-0.25, -0.2) is 0 Å². The molecule has 0 saturated heterocycles. The highest BCUT2D eigenvalue weighted by Crippen LogP contribution is 2.23. The normalized spacial score (nSPS) is 10.6. The Hall–Kier alpha value is -3.27. The number of hydrogen-bond donors (Lipinski definition) is 1. The van der Waals surface area contributed by atoms with Crippen molar-refractivity contribution in [2.75, 3.05) is 11.1 Å². The number of nitrogens with zero attached hydrogens (tertiary/aromatic N) is 5. The highest BCUT2D eigenvalue weighted by atomic mass is 32.2. The molecule has 138 valence electrons. The maximum absolute atomic E-state index is 12.1. The highest BCUT2D eigenvalue weighted by molar-refractivity contribution is 7.99. The van der Waals surface area contributed by atoms with Gasteiger partial charge in [0.15, 0.2) is 11.0 Å². The molecule has 2 heterocycles. The van der Waals surface area contributed by atoms with Crippen LogP contribution in [0.3, 0.4) is 0 Å². The molecule has 0 aliphatic rings. The van der Waals surface area contributed by atoms with Gasteiger partial charge < -0.3 is 9.88 Å². The van der Waals surface area contributed by atoms with Gasteiger partial charge in [0.05, 0.1) is 10.7 Å². The minimum Gasteiger partial charge on any atom is -0.325 e. The van der Waals surface area contributed by atoms with Crippen molar-refractivity contribution >= 4 is 29.0 Å². The Bertz CT molecular complexity index is 943. The molecule has 0 radical (unpaired) electrons. The molecule has 1 N–H and O–H groups in total. The molecular weight excluding hydrogens is 368 g/mol. The second-order valence-electron chi connectivity index (χ2n) is 5.43. The van der Waals surface area contributed by atoms with Gasteiger partial charge in [-0.05, 0) is 31.2 Å². The number of amides is 1. The summed E-state index contributed by atoms with van der Waals surface area (Å²) in [5.41, 5.74) is 1.33. The summed E-state index contributed by atoms with van der Waals surface area (Å²) in [5, 5.41) is 22.4. The van der Waals surface area contributed by atoms with E-state index in [1.54, 1.807) is 12.4 Å². The van der Waals surface area contributed by atoms with Crippen LogP contribution in [0.1, 0.15) is 6.92 Å². The predicted molar refractivity (Wildman–Crippen MR) is 101 cm³/mol. The van der Waals surface area contributed by atoms with Crippen LogP contribution in [0.5, 0.6) is 0 Å². The zero-order valence-electron chi connectivity index (χ0n) is 14.4. The summed E-state index contributed by atoms with van der Waals surface area (Å²) in [4.78, 5) is 26.4. The number of nitro benzene ring substituents is 1. The summed E-state index contributed by atoms with van der Waals surface area (Å²) < 4.78 is 1.92. The number of carbonyl (C=O) groups excluding carboxylic acids is 1. The molecule has 0 aliphatic heterocycles. The van der Waals surface area contributed by atoms with Gasteiger partial charge in [0.25, 0.3) is 5.69 Å². The molecule has 10 heteroatoms. The van der Waals surface area contributed by atoms with Crippen LogP contribution in [-0.2, 0) is 11.3 Å². The number of pyridine rings is 1. The smallest absolute Gasteiger partial charge is 0.269 e. The van der Waals surface area contributed by atoms with E-state index in [-0.39, 0.29) is 17.3 Å². The van der Waals surface area contributed by atoms with Gasteiger partial charge in [-0.3, -0.25) is 19.9 Å². The van der Waals surface area contributed by atoms with Crippen molar-refractivity contribution in [3.8, 4) is 11.4 Å². The fourth-order valence-corrected chi connectivity index (χ4v) is 3.19. The number of hydrogen-bond acceptors (Lipinski definition) is 7. The molecule has 0 unspecified atom stereocenters. The van der Waals surface area contributed by atoms with E-state index in [9.17, 15) is 14.9 Å². The second kappa shape index (κ2) is 8.41. The number of aromatic nitrogens is 4. The van der Waals surface area contributed by atoms with Crippen molar-refractivity contribution in [2.45, 2.75) is 18.6 Å². The van der Waals surface area contributed by atoms with Gasteiger partial charge in [-0.15, -0.1) is 10.2 Å². The summed E-state index contributed by atoms with van der Waals surface area (Å²) in [6, 6.07) is 9.41. The Morgan fingerprint density at radius 1 is 1.26 bits per heavy atom. The average molecular weight is 384 g/mol. The van der Waals surface area contributed by atoms with E-state index in [1.807, 2.05) is 23.6 Å². The Morgan fingerprint density at radius 3 is 2.67 bits per heavy atom. The third kappa shape index (κ3) is 4.47. The topological polar surface area (TPSA) is 116 Å². The van der Waals surface area contributed by atoms with E-state index in [2.05, 4.69) is 20.5 Å². The quantitative estimate of drug-likeness (QED) is 0.378. The number of benzene rings is 1. The monoisotopic (exact) mass is 384 g/mol. The lowest BCUT2D eigenvalue weighted by atomic mass is 10.3. The van der Waals surface area contributed by atoms with Crippen LogP contribution >= 0.6 is 11.8 Å². The van der Waals surface area contributed by atoms with Gasteiger partial charge >= 0.3 is 0 Å². The van der Waals surface area contributed by atoms with Crippen LogP contribution in [0.2, 0.25) is 0 Å². The van der Waals surface area contributed by atoms with E-state index < -0.39 is 4.92 Å². The first-order valence-corrected chi connectivity index (χ1v) is 9.07. The van der Waals surface area contributed by atoms with Crippen LogP contribution in [0, 0.1) is 10.1 Å². The maximum Gasteiger partial charge on any atom is 0.269 e. The zero-order valence-corrected chi connectivity index (χ0v) is 15.2. The SMILES string of the molecule is CCn1c(SCC(=O)Nc2ccc([N+](=O)[O-])cc2)nnc1-c1cccnc1. The molecule has 1 aromatic carbocycles. The number of rotatable bonds is 7. The molecule has 3 aromatic rings.